The number of halogens is 3. The number of hydrogen-bond acceptors (Lipinski definition) is 2. The highest BCUT2D eigenvalue weighted by Crippen LogP contribution is 2.22. The molecule has 20 heavy (non-hydrogen) atoms. The van der Waals surface area contributed by atoms with Gasteiger partial charge in [-0.2, -0.15) is 0 Å². The van der Waals surface area contributed by atoms with E-state index in [-0.39, 0.29) is 28.7 Å². The summed E-state index contributed by atoms with van der Waals surface area (Å²) in [4.78, 5) is 11.9. The molecule has 0 fully saturated rings. The standard InChI is InChI=1S/C15H12BrF2NO/c16-13-5-6-14(17)12(15(13)18)8-11(20)7-9-1-3-10(19)4-2-9/h1-6H,7-8,19H2. The number of rotatable bonds is 4. The largest absolute Gasteiger partial charge is 0.399 e. The van der Waals surface area contributed by atoms with Crippen LogP contribution >= 0.6 is 15.9 Å². The molecule has 0 atom stereocenters. The molecule has 0 heterocycles. The highest BCUT2D eigenvalue weighted by molar-refractivity contribution is 9.10. The van der Waals surface area contributed by atoms with E-state index in [0.29, 0.717) is 5.69 Å². The Hall–Kier alpha value is -1.75. The molecular formula is C15H12BrF2NO. The normalized spacial score (nSPS) is 10.6. The van der Waals surface area contributed by atoms with Gasteiger partial charge in [0.1, 0.15) is 17.4 Å². The maximum absolute atomic E-state index is 13.8. The van der Waals surface area contributed by atoms with Gasteiger partial charge in [0, 0.05) is 24.1 Å². The van der Waals surface area contributed by atoms with Crippen molar-refractivity contribution in [3.8, 4) is 0 Å². The minimum Gasteiger partial charge on any atom is -0.399 e. The van der Waals surface area contributed by atoms with Crippen molar-refractivity contribution in [3.05, 3.63) is 63.6 Å². The lowest BCUT2D eigenvalue weighted by atomic mass is 10.0. The predicted molar refractivity (Wildman–Crippen MR) is 77.3 cm³/mol. The van der Waals surface area contributed by atoms with E-state index in [1.165, 1.54) is 6.07 Å². The predicted octanol–water partition coefficient (Wildman–Crippen LogP) is 3.66. The second kappa shape index (κ2) is 6.13. The summed E-state index contributed by atoms with van der Waals surface area (Å²) in [5, 5.41) is 0. The Kier molecular flexibility index (Phi) is 4.49. The van der Waals surface area contributed by atoms with E-state index in [1.54, 1.807) is 24.3 Å². The van der Waals surface area contributed by atoms with E-state index in [1.807, 2.05) is 0 Å². The third kappa shape index (κ3) is 3.42. The van der Waals surface area contributed by atoms with Crippen molar-refractivity contribution < 1.29 is 13.6 Å². The van der Waals surface area contributed by atoms with Gasteiger partial charge in [-0.05, 0) is 45.8 Å². The molecule has 0 amide bonds. The van der Waals surface area contributed by atoms with Gasteiger partial charge >= 0.3 is 0 Å². The average molecular weight is 340 g/mol. The molecule has 0 bridgehead atoms. The Morgan fingerprint density at radius 3 is 2.35 bits per heavy atom. The van der Waals surface area contributed by atoms with E-state index in [2.05, 4.69) is 15.9 Å². The summed E-state index contributed by atoms with van der Waals surface area (Å²) in [5.74, 6) is -1.70. The monoisotopic (exact) mass is 339 g/mol. The van der Waals surface area contributed by atoms with E-state index >= 15 is 0 Å². The summed E-state index contributed by atoms with van der Waals surface area (Å²) >= 11 is 2.98. The summed E-state index contributed by atoms with van der Waals surface area (Å²) in [6.07, 6.45) is -0.160. The van der Waals surface area contributed by atoms with E-state index in [0.717, 1.165) is 11.6 Å². The quantitative estimate of drug-likeness (QED) is 0.682. The number of carbonyl (C=O) groups excluding carboxylic acids is 1. The zero-order chi connectivity index (χ0) is 14.7. The number of Topliss-reactive ketones (excluding diaryl/α,β-unsaturated/α-hetero) is 1. The van der Waals surface area contributed by atoms with Crippen molar-refractivity contribution in [2.45, 2.75) is 12.8 Å². The van der Waals surface area contributed by atoms with Gasteiger partial charge in [-0.25, -0.2) is 8.78 Å². The first-order chi connectivity index (χ1) is 9.47. The Balaban J connectivity index is 2.12. The Morgan fingerprint density at radius 2 is 1.70 bits per heavy atom. The topological polar surface area (TPSA) is 43.1 Å². The van der Waals surface area contributed by atoms with Gasteiger partial charge in [-0.15, -0.1) is 0 Å². The Bertz CT molecular complexity index is 641. The number of benzene rings is 2. The van der Waals surface area contributed by atoms with Crippen molar-refractivity contribution >= 4 is 27.4 Å². The summed E-state index contributed by atoms with van der Waals surface area (Å²) in [6, 6.07) is 9.23. The molecule has 0 unspecified atom stereocenters. The van der Waals surface area contributed by atoms with Gasteiger partial charge in [0.25, 0.3) is 0 Å². The fourth-order valence-corrected chi connectivity index (χ4v) is 2.23. The summed E-state index contributed by atoms with van der Waals surface area (Å²) in [6.45, 7) is 0. The van der Waals surface area contributed by atoms with Crippen molar-refractivity contribution in [3.63, 3.8) is 0 Å². The minimum atomic E-state index is -0.726. The lowest BCUT2D eigenvalue weighted by Gasteiger charge is -2.06. The fourth-order valence-electron chi connectivity index (χ4n) is 1.85. The maximum Gasteiger partial charge on any atom is 0.143 e. The molecule has 2 nitrogen and oxygen atoms in total. The van der Waals surface area contributed by atoms with Crippen molar-refractivity contribution in [1.29, 1.82) is 0 Å². The van der Waals surface area contributed by atoms with Crippen LogP contribution in [0.5, 0.6) is 0 Å². The van der Waals surface area contributed by atoms with Gasteiger partial charge in [0.05, 0.1) is 4.47 Å². The van der Waals surface area contributed by atoms with Crippen LogP contribution < -0.4 is 5.73 Å². The molecule has 0 aliphatic carbocycles. The molecule has 0 aliphatic rings. The second-order valence-corrected chi connectivity index (χ2v) is 5.31. The van der Waals surface area contributed by atoms with E-state index in [4.69, 9.17) is 5.73 Å². The van der Waals surface area contributed by atoms with Crippen LogP contribution in [-0.4, -0.2) is 5.78 Å². The molecule has 0 spiro atoms. The SMILES string of the molecule is Nc1ccc(CC(=O)Cc2c(F)ccc(Br)c2F)cc1. The van der Waals surface area contributed by atoms with Gasteiger partial charge in [-0.3, -0.25) is 4.79 Å². The third-order valence-corrected chi connectivity index (χ3v) is 3.51. The molecule has 2 rings (SSSR count). The number of carbonyl (C=O) groups is 1. The lowest BCUT2D eigenvalue weighted by Crippen LogP contribution is -2.10. The zero-order valence-electron chi connectivity index (χ0n) is 10.5. The number of ketones is 1. The van der Waals surface area contributed by atoms with Crippen molar-refractivity contribution in [2.24, 2.45) is 0 Å². The molecule has 0 radical (unpaired) electrons. The average Bonchev–Trinajstić information content (AvgIpc) is 2.42. The first-order valence-corrected chi connectivity index (χ1v) is 6.75. The van der Waals surface area contributed by atoms with Crippen LogP contribution in [0.3, 0.4) is 0 Å². The molecule has 2 N–H and O–H groups in total. The van der Waals surface area contributed by atoms with E-state index in [9.17, 15) is 13.6 Å². The van der Waals surface area contributed by atoms with Crippen LogP contribution in [0, 0.1) is 11.6 Å². The van der Waals surface area contributed by atoms with Crippen LogP contribution in [0.25, 0.3) is 0 Å². The van der Waals surface area contributed by atoms with Crippen LogP contribution in [0.4, 0.5) is 14.5 Å². The van der Waals surface area contributed by atoms with Crippen LogP contribution in [-0.2, 0) is 17.6 Å². The van der Waals surface area contributed by atoms with Crippen LogP contribution in [0.1, 0.15) is 11.1 Å². The molecule has 104 valence electrons. The van der Waals surface area contributed by atoms with Crippen molar-refractivity contribution in [1.82, 2.24) is 0 Å². The smallest absolute Gasteiger partial charge is 0.143 e. The van der Waals surface area contributed by atoms with Crippen LogP contribution in [0.15, 0.2) is 40.9 Å². The first kappa shape index (κ1) is 14.7. The van der Waals surface area contributed by atoms with Gasteiger partial charge in [0.2, 0.25) is 0 Å². The van der Waals surface area contributed by atoms with Crippen LogP contribution in [0.2, 0.25) is 0 Å². The minimum absolute atomic E-state index is 0.117. The molecule has 0 aliphatic heterocycles. The number of hydrogen-bond donors (Lipinski definition) is 1. The molecule has 0 aromatic heterocycles. The summed E-state index contributed by atoms with van der Waals surface area (Å²) < 4.78 is 27.5. The van der Waals surface area contributed by atoms with Crippen molar-refractivity contribution in [2.75, 3.05) is 5.73 Å². The molecule has 0 saturated carbocycles. The second-order valence-electron chi connectivity index (χ2n) is 4.46. The highest BCUT2D eigenvalue weighted by Gasteiger charge is 2.16. The molecule has 5 heteroatoms. The third-order valence-electron chi connectivity index (χ3n) is 2.89. The Morgan fingerprint density at radius 1 is 1.05 bits per heavy atom. The zero-order valence-corrected chi connectivity index (χ0v) is 12.1. The fraction of sp³-hybridized carbons (Fsp3) is 0.133. The van der Waals surface area contributed by atoms with Gasteiger partial charge in [-0.1, -0.05) is 12.1 Å². The number of anilines is 1. The molecule has 0 saturated heterocycles. The Labute approximate surface area is 123 Å². The molecule has 2 aromatic carbocycles. The van der Waals surface area contributed by atoms with Gasteiger partial charge < -0.3 is 5.73 Å². The first-order valence-electron chi connectivity index (χ1n) is 5.96. The number of nitrogen functional groups attached to an aromatic ring is 1. The molecular weight excluding hydrogens is 328 g/mol. The molecule has 2 aromatic rings. The lowest BCUT2D eigenvalue weighted by molar-refractivity contribution is -0.117. The summed E-state index contributed by atoms with van der Waals surface area (Å²) in [7, 11) is 0. The number of nitrogens with two attached hydrogens (primary N) is 1. The maximum atomic E-state index is 13.8. The highest BCUT2D eigenvalue weighted by atomic mass is 79.9. The summed E-state index contributed by atoms with van der Waals surface area (Å²) in [5.41, 5.74) is 6.71. The van der Waals surface area contributed by atoms with E-state index < -0.39 is 11.6 Å². The van der Waals surface area contributed by atoms with Gasteiger partial charge in [0.15, 0.2) is 0 Å².